The Hall–Kier alpha value is -0.0400. The number of nitrogens with one attached hydrogen (secondary N) is 1. The summed E-state index contributed by atoms with van der Waals surface area (Å²) in [7, 11) is 0. The molecule has 2 aliphatic carbocycles. The molecule has 2 aliphatic rings. The molecule has 0 spiro atoms. The van der Waals surface area contributed by atoms with Crippen molar-refractivity contribution in [2.24, 2.45) is 23.7 Å². The summed E-state index contributed by atoms with van der Waals surface area (Å²) in [5, 5.41) is 3.72. The van der Waals surface area contributed by atoms with Gasteiger partial charge in [0, 0.05) is 6.04 Å². The maximum absolute atomic E-state index is 3.72. The Balaban J connectivity index is 1.95. The predicted octanol–water partition coefficient (Wildman–Crippen LogP) is 5.01. The lowest BCUT2D eigenvalue weighted by molar-refractivity contribution is 0.139. The smallest absolute Gasteiger partial charge is 0.00104 e. The van der Waals surface area contributed by atoms with E-state index in [1.54, 1.807) is 0 Å². The molecule has 0 aromatic heterocycles. The van der Waals surface area contributed by atoms with Gasteiger partial charge in [0.1, 0.15) is 0 Å². The van der Waals surface area contributed by atoms with E-state index in [0.29, 0.717) is 6.04 Å². The van der Waals surface area contributed by atoms with E-state index >= 15 is 0 Å². The van der Waals surface area contributed by atoms with Crippen LogP contribution in [0, 0.1) is 23.7 Å². The van der Waals surface area contributed by atoms with E-state index in [0.717, 1.165) is 23.7 Å². The summed E-state index contributed by atoms with van der Waals surface area (Å²) in [6, 6.07) is 0.647. The highest BCUT2D eigenvalue weighted by atomic mass is 14.9. The summed E-state index contributed by atoms with van der Waals surface area (Å²) < 4.78 is 0. The largest absolute Gasteiger partial charge is 0.314 e. The number of hydrogen-bond acceptors (Lipinski definition) is 1. The van der Waals surface area contributed by atoms with Gasteiger partial charge in [-0.05, 0) is 49.5 Å². The standard InChI is InChI=1S/C18H35N/c1-14(2)19-13-17-9-5-4-6-11-18(17)16-10-7-8-15(3)12-16/h14-19H,4-13H2,1-3H3. The van der Waals surface area contributed by atoms with Crippen LogP contribution in [-0.4, -0.2) is 12.6 Å². The lowest BCUT2D eigenvalue weighted by Gasteiger charge is -2.37. The molecule has 0 aliphatic heterocycles. The van der Waals surface area contributed by atoms with Gasteiger partial charge in [-0.15, -0.1) is 0 Å². The molecule has 1 N–H and O–H groups in total. The Kier molecular flexibility index (Phi) is 6.19. The van der Waals surface area contributed by atoms with Gasteiger partial charge >= 0.3 is 0 Å². The zero-order valence-electron chi connectivity index (χ0n) is 13.5. The van der Waals surface area contributed by atoms with Crippen molar-refractivity contribution >= 4 is 0 Å². The van der Waals surface area contributed by atoms with Crippen LogP contribution in [0.3, 0.4) is 0 Å². The Morgan fingerprint density at radius 1 is 0.947 bits per heavy atom. The lowest BCUT2D eigenvalue weighted by atomic mass is 9.69. The molecule has 0 aromatic rings. The predicted molar refractivity (Wildman–Crippen MR) is 84.3 cm³/mol. The maximum atomic E-state index is 3.72. The first-order valence-corrected chi connectivity index (χ1v) is 8.90. The van der Waals surface area contributed by atoms with Crippen LogP contribution in [-0.2, 0) is 0 Å². The molecular formula is C18H35N. The molecule has 0 bridgehead atoms. The molecular weight excluding hydrogens is 230 g/mol. The molecule has 0 aromatic carbocycles. The maximum Gasteiger partial charge on any atom is 0.00104 e. The van der Waals surface area contributed by atoms with Crippen molar-refractivity contribution < 1.29 is 0 Å². The van der Waals surface area contributed by atoms with Crippen molar-refractivity contribution in [3.8, 4) is 0 Å². The second-order valence-electron chi connectivity index (χ2n) is 7.66. The third-order valence-electron chi connectivity index (χ3n) is 5.59. The van der Waals surface area contributed by atoms with Crippen molar-refractivity contribution in [1.82, 2.24) is 5.32 Å². The minimum Gasteiger partial charge on any atom is -0.314 e. The first-order valence-electron chi connectivity index (χ1n) is 8.90. The summed E-state index contributed by atoms with van der Waals surface area (Å²) in [6.45, 7) is 8.32. The van der Waals surface area contributed by atoms with E-state index in [2.05, 4.69) is 26.1 Å². The average molecular weight is 265 g/mol. The highest BCUT2D eigenvalue weighted by Gasteiger charge is 2.32. The molecule has 19 heavy (non-hydrogen) atoms. The van der Waals surface area contributed by atoms with Crippen LogP contribution in [0.15, 0.2) is 0 Å². The fourth-order valence-corrected chi connectivity index (χ4v) is 4.54. The van der Waals surface area contributed by atoms with Gasteiger partial charge in [0.25, 0.3) is 0 Å². The first kappa shape index (κ1) is 15.4. The summed E-state index contributed by atoms with van der Waals surface area (Å²) >= 11 is 0. The Bertz CT molecular complexity index is 248. The van der Waals surface area contributed by atoms with E-state index in [1.165, 1.54) is 64.3 Å². The van der Waals surface area contributed by atoms with Crippen LogP contribution in [0.1, 0.15) is 78.6 Å². The van der Waals surface area contributed by atoms with Crippen LogP contribution in [0.2, 0.25) is 0 Å². The normalized spacial score (nSPS) is 37.3. The summed E-state index contributed by atoms with van der Waals surface area (Å²) in [4.78, 5) is 0. The number of rotatable bonds is 4. The van der Waals surface area contributed by atoms with Crippen molar-refractivity contribution in [3.05, 3.63) is 0 Å². The Morgan fingerprint density at radius 2 is 1.74 bits per heavy atom. The van der Waals surface area contributed by atoms with Gasteiger partial charge in [0.05, 0.1) is 0 Å². The van der Waals surface area contributed by atoms with Crippen molar-refractivity contribution in [3.63, 3.8) is 0 Å². The van der Waals surface area contributed by atoms with Crippen LogP contribution in [0.4, 0.5) is 0 Å². The van der Waals surface area contributed by atoms with Gasteiger partial charge in [0.2, 0.25) is 0 Å². The summed E-state index contributed by atoms with van der Waals surface area (Å²) in [5.74, 6) is 4.01. The zero-order valence-corrected chi connectivity index (χ0v) is 13.5. The summed E-state index contributed by atoms with van der Waals surface area (Å²) in [5.41, 5.74) is 0. The molecule has 2 rings (SSSR count). The molecule has 4 atom stereocenters. The Labute approximate surface area is 120 Å². The highest BCUT2D eigenvalue weighted by molar-refractivity contribution is 4.84. The van der Waals surface area contributed by atoms with E-state index < -0.39 is 0 Å². The second kappa shape index (κ2) is 7.67. The molecule has 112 valence electrons. The third kappa shape index (κ3) is 4.77. The van der Waals surface area contributed by atoms with Gasteiger partial charge in [-0.1, -0.05) is 59.3 Å². The van der Waals surface area contributed by atoms with Gasteiger partial charge < -0.3 is 5.32 Å². The fourth-order valence-electron chi connectivity index (χ4n) is 4.54. The second-order valence-corrected chi connectivity index (χ2v) is 7.66. The minimum absolute atomic E-state index is 0.647. The average Bonchev–Trinajstić information content (AvgIpc) is 2.61. The third-order valence-corrected chi connectivity index (χ3v) is 5.59. The van der Waals surface area contributed by atoms with Gasteiger partial charge in [0.15, 0.2) is 0 Å². The number of hydrogen-bond donors (Lipinski definition) is 1. The van der Waals surface area contributed by atoms with E-state index in [1.807, 2.05) is 0 Å². The van der Waals surface area contributed by atoms with E-state index in [-0.39, 0.29) is 0 Å². The molecule has 0 radical (unpaired) electrons. The Morgan fingerprint density at radius 3 is 2.47 bits per heavy atom. The molecule has 1 nitrogen and oxygen atoms in total. The van der Waals surface area contributed by atoms with Gasteiger partial charge in [-0.3, -0.25) is 0 Å². The van der Waals surface area contributed by atoms with Crippen LogP contribution < -0.4 is 5.32 Å². The lowest BCUT2D eigenvalue weighted by Crippen LogP contribution is -2.36. The van der Waals surface area contributed by atoms with Crippen LogP contribution in [0.5, 0.6) is 0 Å². The molecule has 1 heteroatoms. The molecule has 0 heterocycles. The van der Waals surface area contributed by atoms with Crippen molar-refractivity contribution in [2.75, 3.05) is 6.54 Å². The van der Waals surface area contributed by atoms with E-state index in [4.69, 9.17) is 0 Å². The molecule has 4 unspecified atom stereocenters. The van der Waals surface area contributed by atoms with E-state index in [9.17, 15) is 0 Å². The molecule has 0 amide bonds. The van der Waals surface area contributed by atoms with Crippen LogP contribution >= 0.6 is 0 Å². The fraction of sp³-hybridized carbons (Fsp3) is 1.00. The first-order chi connectivity index (χ1) is 9.16. The van der Waals surface area contributed by atoms with Gasteiger partial charge in [-0.25, -0.2) is 0 Å². The molecule has 0 saturated heterocycles. The monoisotopic (exact) mass is 265 g/mol. The highest BCUT2D eigenvalue weighted by Crippen LogP contribution is 2.42. The topological polar surface area (TPSA) is 12.0 Å². The van der Waals surface area contributed by atoms with Crippen molar-refractivity contribution in [1.29, 1.82) is 0 Å². The van der Waals surface area contributed by atoms with Crippen molar-refractivity contribution in [2.45, 2.75) is 84.6 Å². The quantitative estimate of drug-likeness (QED) is 0.705. The summed E-state index contributed by atoms with van der Waals surface area (Å²) in [6.07, 6.45) is 13.5. The zero-order chi connectivity index (χ0) is 13.7. The molecule has 2 fully saturated rings. The minimum atomic E-state index is 0.647. The molecule has 2 saturated carbocycles. The SMILES string of the molecule is CC1CCCC(C2CCCCCC2CNC(C)C)C1. The van der Waals surface area contributed by atoms with Crippen LogP contribution in [0.25, 0.3) is 0 Å². The van der Waals surface area contributed by atoms with Gasteiger partial charge in [-0.2, -0.15) is 0 Å².